The van der Waals surface area contributed by atoms with Gasteiger partial charge in [-0.25, -0.2) is 4.79 Å². The Morgan fingerprint density at radius 2 is 2.00 bits per heavy atom. The van der Waals surface area contributed by atoms with Crippen molar-refractivity contribution < 1.29 is 19.0 Å². The van der Waals surface area contributed by atoms with Gasteiger partial charge >= 0.3 is 5.97 Å². The van der Waals surface area contributed by atoms with E-state index >= 15 is 0 Å². The van der Waals surface area contributed by atoms with Crippen molar-refractivity contribution in [3.63, 3.8) is 0 Å². The van der Waals surface area contributed by atoms with Crippen molar-refractivity contribution >= 4 is 17.6 Å². The van der Waals surface area contributed by atoms with Gasteiger partial charge in [-0.05, 0) is 17.7 Å². The van der Waals surface area contributed by atoms with Crippen molar-refractivity contribution in [1.29, 1.82) is 0 Å². The van der Waals surface area contributed by atoms with Crippen molar-refractivity contribution in [1.82, 2.24) is 0 Å². The smallest absolute Gasteiger partial charge is 0.333 e. The summed E-state index contributed by atoms with van der Waals surface area (Å²) in [5.41, 5.74) is 0.958. The average molecular weight is 245 g/mol. The fourth-order valence-corrected chi connectivity index (χ4v) is 1.20. The van der Waals surface area contributed by atoms with Crippen molar-refractivity contribution in [3.05, 3.63) is 29.8 Å². The second-order valence-corrected chi connectivity index (χ2v) is 3.18. The van der Waals surface area contributed by atoms with E-state index in [0.717, 1.165) is 11.3 Å². The molecule has 0 bridgehead atoms. The molecule has 16 heavy (non-hydrogen) atoms. The molecule has 0 aliphatic rings. The molecule has 0 amide bonds. The number of carbonyl (C=O) groups excluding carboxylic acids is 1. The fraction of sp³-hybridized carbons (Fsp3) is 0.364. The molecule has 1 aromatic carbocycles. The van der Waals surface area contributed by atoms with Gasteiger partial charge in [-0.15, -0.1) is 0 Å². The van der Waals surface area contributed by atoms with Crippen LogP contribution < -0.4 is 4.74 Å². The Morgan fingerprint density at radius 3 is 2.56 bits per heavy atom. The highest BCUT2D eigenvalue weighted by Crippen LogP contribution is 2.11. The molecule has 0 saturated heterocycles. The number of benzene rings is 1. The van der Waals surface area contributed by atoms with Crippen LogP contribution in [0.25, 0.3) is 0 Å². The first-order valence-electron chi connectivity index (χ1n) is 4.68. The molecule has 0 heterocycles. The number of rotatable bonds is 6. The van der Waals surface area contributed by atoms with Crippen LogP contribution in [0.5, 0.6) is 5.75 Å². The van der Waals surface area contributed by atoms with E-state index in [1.807, 2.05) is 24.3 Å². The van der Waals surface area contributed by atoms with E-state index in [4.69, 9.17) is 21.1 Å². The molecule has 0 fully saturated rings. The van der Waals surface area contributed by atoms with E-state index in [-0.39, 0.29) is 12.7 Å². The third kappa shape index (κ3) is 4.51. The maximum Gasteiger partial charge on any atom is 0.333 e. The quantitative estimate of drug-likeness (QED) is 0.567. The molecular weight excluding hydrogens is 232 g/mol. The third-order valence-electron chi connectivity index (χ3n) is 1.86. The number of hydrogen-bond acceptors (Lipinski definition) is 4. The highest BCUT2D eigenvalue weighted by molar-refractivity contribution is 6.17. The third-order valence-corrected chi connectivity index (χ3v) is 1.97. The van der Waals surface area contributed by atoms with Crippen molar-refractivity contribution in [3.8, 4) is 5.75 Å². The maximum absolute atomic E-state index is 10.9. The summed E-state index contributed by atoms with van der Waals surface area (Å²) >= 11 is 5.21. The van der Waals surface area contributed by atoms with Gasteiger partial charge in [0.25, 0.3) is 0 Å². The van der Waals surface area contributed by atoms with Gasteiger partial charge in [0, 0.05) is 0 Å². The van der Waals surface area contributed by atoms with E-state index in [1.54, 1.807) is 7.11 Å². The van der Waals surface area contributed by atoms with Gasteiger partial charge in [0.05, 0.1) is 13.7 Å². The second kappa shape index (κ2) is 7.09. The van der Waals surface area contributed by atoms with Gasteiger partial charge in [0.1, 0.15) is 12.4 Å². The zero-order valence-corrected chi connectivity index (χ0v) is 9.70. The van der Waals surface area contributed by atoms with Gasteiger partial charge in [0.2, 0.25) is 0 Å². The van der Waals surface area contributed by atoms with E-state index < -0.39 is 5.97 Å². The van der Waals surface area contributed by atoms with Crippen molar-refractivity contribution in [2.24, 2.45) is 0 Å². The molecular formula is C11H13ClO4. The van der Waals surface area contributed by atoms with E-state index in [0.29, 0.717) is 6.61 Å². The average Bonchev–Trinajstić information content (AvgIpc) is 2.30. The number of alkyl halides is 1. The normalized spacial score (nSPS) is 9.88. The van der Waals surface area contributed by atoms with Gasteiger partial charge in [-0.1, -0.05) is 23.7 Å². The molecule has 5 heteroatoms. The molecule has 1 rings (SSSR count). The molecule has 4 nitrogen and oxygen atoms in total. The van der Waals surface area contributed by atoms with Crippen LogP contribution >= 0.6 is 11.6 Å². The Morgan fingerprint density at radius 1 is 1.31 bits per heavy atom. The molecule has 0 aliphatic carbocycles. The molecule has 0 unspecified atom stereocenters. The summed E-state index contributed by atoms with van der Waals surface area (Å²) in [7, 11) is 1.60. The second-order valence-electron chi connectivity index (χ2n) is 2.97. The monoisotopic (exact) mass is 244 g/mol. The SMILES string of the molecule is COc1ccc(COCC(=O)OCCl)cc1. The van der Waals surface area contributed by atoms with Crippen LogP contribution in [0.15, 0.2) is 24.3 Å². The fourth-order valence-electron chi connectivity index (χ4n) is 1.08. The molecule has 0 saturated carbocycles. The highest BCUT2D eigenvalue weighted by Gasteiger charge is 2.02. The van der Waals surface area contributed by atoms with E-state index in [1.165, 1.54) is 0 Å². The Kier molecular flexibility index (Phi) is 5.67. The summed E-state index contributed by atoms with van der Waals surface area (Å²) < 4.78 is 14.6. The molecule has 0 atom stereocenters. The van der Waals surface area contributed by atoms with Crippen LogP contribution in [-0.2, 0) is 20.9 Å². The maximum atomic E-state index is 10.9. The number of halogens is 1. The van der Waals surface area contributed by atoms with Gasteiger partial charge in [-0.2, -0.15) is 0 Å². The van der Waals surface area contributed by atoms with Gasteiger partial charge in [0.15, 0.2) is 6.07 Å². The first-order valence-corrected chi connectivity index (χ1v) is 5.22. The highest BCUT2D eigenvalue weighted by atomic mass is 35.5. The van der Waals surface area contributed by atoms with Crippen LogP contribution in [-0.4, -0.2) is 25.8 Å². The van der Waals surface area contributed by atoms with Crippen molar-refractivity contribution in [2.45, 2.75) is 6.61 Å². The van der Waals surface area contributed by atoms with Crippen LogP contribution in [0.4, 0.5) is 0 Å². The molecule has 0 spiro atoms. The predicted molar refractivity (Wildman–Crippen MR) is 59.5 cm³/mol. The summed E-state index contributed by atoms with van der Waals surface area (Å²) in [5, 5.41) is 0. The Balaban J connectivity index is 2.29. The minimum atomic E-state index is -0.469. The molecule has 0 aliphatic heterocycles. The van der Waals surface area contributed by atoms with Crippen molar-refractivity contribution in [2.75, 3.05) is 19.8 Å². The summed E-state index contributed by atoms with van der Waals surface area (Å²) in [6, 6.07) is 7.24. The number of ether oxygens (including phenoxy) is 3. The number of hydrogen-bond donors (Lipinski definition) is 0. The van der Waals surface area contributed by atoms with Crippen LogP contribution in [0, 0.1) is 0 Å². The lowest BCUT2D eigenvalue weighted by molar-refractivity contribution is -0.147. The molecule has 88 valence electrons. The summed E-state index contributed by atoms with van der Waals surface area (Å²) in [5.74, 6) is 0.314. The first kappa shape index (κ1) is 12.8. The lowest BCUT2D eigenvalue weighted by Gasteiger charge is -2.04. The van der Waals surface area contributed by atoms with Crippen LogP contribution in [0.3, 0.4) is 0 Å². The molecule has 1 aromatic rings. The Hall–Kier alpha value is -1.26. The molecule has 0 N–H and O–H groups in total. The number of carbonyl (C=O) groups is 1. The Bertz CT molecular complexity index is 323. The molecule has 0 aromatic heterocycles. The zero-order valence-electron chi connectivity index (χ0n) is 8.94. The minimum absolute atomic E-state index is 0.0985. The largest absolute Gasteiger partial charge is 0.497 e. The lowest BCUT2D eigenvalue weighted by atomic mass is 10.2. The molecule has 0 radical (unpaired) electrons. The summed E-state index contributed by atoms with van der Waals surface area (Å²) in [4.78, 5) is 10.9. The first-order chi connectivity index (χ1) is 7.76. The predicted octanol–water partition coefficient (Wildman–Crippen LogP) is 1.95. The van der Waals surface area contributed by atoms with Gasteiger partial charge < -0.3 is 14.2 Å². The topological polar surface area (TPSA) is 44.8 Å². The summed E-state index contributed by atoms with van der Waals surface area (Å²) in [6.45, 7) is 0.250. The lowest BCUT2D eigenvalue weighted by Crippen LogP contribution is -2.11. The summed E-state index contributed by atoms with van der Waals surface area (Å²) in [6.07, 6.45) is 0. The Labute approximate surface area is 99.1 Å². The van der Waals surface area contributed by atoms with Gasteiger partial charge in [-0.3, -0.25) is 0 Å². The number of methoxy groups -OCH3 is 1. The van der Waals surface area contributed by atoms with Crippen LogP contribution in [0.2, 0.25) is 0 Å². The minimum Gasteiger partial charge on any atom is -0.497 e. The number of esters is 1. The standard InChI is InChI=1S/C11H13ClO4/c1-14-10-4-2-9(3-5-10)6-15-7-11(13)16-8-12/h2-5H,6-8H2,1H3. The van der Waals surface area contributed by atoms with E-state index in [9.17, 15) is 4.79 Å². The van der Waals surface area contributed by atoms with E-state index in [2.05, 4.69) is 4.74 Å². The zero-order chi connectivity index (χ0) is 11.8. The van der Waals surface area contributed by atoms with Crippen LogP contribution in [0.1, 0.15) is 5.56 Å².